The minimum Gasteiger partial charge on any atom is -0.369 e. The molecule has 1 rings (SSSR count). The second-order valence-corrected chi connectivity index (χ2v) is 2.57. The van der Waals surface area contributed by atoms with E-state index in [2.05, 4.69) is 0 Å². The topological polar surface area (TPSA) is 60.2 Å². The van der Waals surface area contributed by atoms with Crippen LogP contribution in [0.25, 0.3) is 0 Å². The van der Waals surface area contributed by atoms with Gasteiger partial charge in [-0.25, -0.2) is 4.39 Å². The second-order valence-electron chi connectivity index (χ2n) is 2.57. The zero-order valence-electron chi connectivity index (χ0n) is 6.79. The maximum atomic E-state index is 12.4. The van der Waals surface area contributed by atoms with Crippen LogP contribution in [0.15, 0.2) is 24.3 Å². The van der Waals surface area contributed by atoms with Gasteiger partial charge in [-0.1, -0.05) is 0 Å². The Morgan fingerprint density at radius 3 is 2.23 bits per heavy atom. The zero-order valence-corrected chi connectivity index (χ0v) is 6.79. The molecule has 13 heavy (non-hydrogen) atoms. The van der Waals surface area contributed by atoms with E-state index in [4.69, 9.17) is 5.73 Å². The number of carbonyl (C=O) groups excluding carboxylic acids is 2. The monoisotopic (exact) mass is 181 g/mol. The summed E-state index contributed by atoms with van der Waals surface area (Å²) in [5, 5.41) is 0. The number of ketones is 1. The van der Waals surface area contributed by atoms with E-state index < -0.39 is 17.5 Å². The van der Waals surface area contributed by atoms with Gasteiger partial charge in [-0.2, -0.15) is 0 Å². The third-order valence-electron chi connectivity index (χ3n) is 1.50. The SMILES string of the molecule is NC(=O)CC(=O)c1ccc(F)cc1. The molecule has 0 saturated heterocycles. The van der Waals surface area contributed by atoms with Crippen molar-refractivity contribution in [2.75, 3.05) is 0 Å². The molecule has 0 bridgehead atoms. The minimum absolute atomic E-state index is 0.292. The normalized spacial score (nSPS) is 9.62. The van der Waals surface area contributed by atoms with E-state index in [1.165, 1.54) is 12.1 Å². The third-order valence-corrected chi connectivity index (χ3v) is 1.50. The van der Waals surface area contributed by atoms with Crippen LogP contribution >= 0.6 is 0 Å². The summed E-state index contributed by atoms with van der Waals surface area (Å²) in [5.41, 5.74) is 5.12. The first-order valence-corrected chi connectivity index (χ1v) is 3.66. The standard InChI is InChI=1S/C9H8FNO2/c10-7-3-1-6(2-4-7)8(12)5-9(11)13/h1-4H,5H2,(H2,11,13). The quantitative estimate of drug-likeness (QED) is 0.556. The van der Waals surface area contributed by atoms with Gasteiger partial charge in [0.25, 0.3) is 0 Å². The molecule has 0 radical (unpaired) electrons. The van der Waals surface area contributed by atoms with Crippen molar-refractivity contribution in [2.45, 2.75) is 6.42 Å². The molecule has 1 aromatic carbocycles. The molecule has 0 aliphatic rings. The van der Waals surface area contributed by atoms with Gasteiger partial charge in [-0.05, 0) is 24.3 Å². The molecule has 1 aromatic rings. The largest absolute Gasteiger partial charge is 0.369 e. The van der Waals surface area contributed by atoms with Crippen LogP contribution < -0.4 is 5.73 Å². The van der Waals surface area contributed by atoms with E-state index >= 15 is 0 Å². The van der Waals surface area contributed by atoms with Gasteiger partial charge in [0, 0.05) is 5.56 Å². The van der Waals surface area contributed by atoms with Gasteiger partial charge in [0.15, 0.2) is 5.78 Å². The molecule has 0 saturated carbocycles. The van der Waals surface area contributed by atoms with E-state index in [0.717, 1.165) is 12.1 Å². The fourth-order valence-corrected chi connectivity index (χ4v) is 0.896. The lowest BCUT2D eigenvalue weighted by molar-refractivity contribution is -0.117. The Morgan fingerprint density at radius 1 is 1.23 bits per heavy atom. The second kappa shape index (κ2) is 3.80. The Hall–Kier alpha value is -1.71. The number of hydrogen-bond acceptors (Lipinski definition) is 2. The van der Waals surface area contributed by atoms with Crippen LogP contribution in [-0.4, -0.2) is 11.7 Å². The van der Waals surface area contributed by atoms with Crippen molar-refractivity contribution in [1.29, 1.82) is 0 Å². The summed E-state index contributed by atoms with van der Waals surface area (Å²) in [5.74, 6) is -1.50. The molecule has 0 unspecified atom stereocenters. The van der Waals surface area contributed by atoms with E-state index in [-0.39, 0.29) is 6.42 Å². The molecule has 3 nitrogen and oxygen atoms in total. The molecule has 4 heteroatoms. The summed E-state index contributed by atoms with van der Waals surface area (Å²) in [6, 6.07) is 4.96. The molecule has 0 aliphatic heterocycles. The van der Waals surface area contributed by atoms with Crippen LogP contribution in [0.5, 0.6) is 0 Å². The number of halogens is 1. The van der Waals surface area contributed by atoms with Gasteiger partial charge < -0.3 is 5.73 Å². The van der Waals surface area contributed by atoms with Crippen molar-refractivity contribution in [3.05, 3.63) is 35.6 Å². The molecular weight excluding hydrogens is 173 g/mol. The van der Waals surface area contributed by atoms with Gasteiger partial charge in [0.05, 0.1) is 6.42 Å². The molecule has 0 spiro atoms. The Labute approximate surface area is 74.4 Å². The van der Waals surface area contributed by atoms with Crippen molar-refractivity contribution < 1.29 is 14.0 Å². The molecule has 0 aliphatic carbocycles. The third kappa shape index (κ3) is 2.66. The summed E-state index contributed by atoms with van der Waals surface area (Å²) in [6.45, 7) is 0. The fourth-order valence-electron chi connectivity index (χ4n) is 0.896. The number of rotatable bonds is 3. The van der Waals surface area contributed by atoms with Crippen LogP contribution in [0.1, 0.15) is 16.8 Å². The number of primary amides is 1. The highest BCUT2D eigenvalue weighted by Gasteiger charge is 2.08. The van der Waals surface area contributed by atoms with Crippen LogP contribution in [0.2, 0.25) is 0 Å². The highest BCUT2D eigenvalue weighted by Crippen LogP contribution is 2.05. The number of carbonyl (C=O) groups is 2. The lowest BCUT2D eigenvalue weighted by Crippen LogP contribution is -2.16. The Morgan fingerprint density at radius 2 is 1.77 bits per heavy atom. The van der Waals surface area contributed by atoms with Crippen LogP contribution in [0, 0.1) is 5.82 Å². The van der Waals surface area contributed by atoms with Crippen molar-refractivity contribution in [2.24, 2.45) is 5.73 Å². The summed E-state index contributed by atoms with van der Waals surface area (Å²) >= 11 is 0. The zero-order chi connectivity index (χ0) is 9.84. The fraction of sp³-hybridized carbons (Fsp3) is 0.111. The molecular formula is C9H8FNO2. The molecule has 0 aromatic heterocycles. The number of benzene rings is 1. The number of amides is 1. The average molecular weight is 181 g/mol. The van der Waals surface area contributed by atoms with E-state index in [1.54, 1.807) is 0 Å². The van der Waals surface area contributed by atoms with Gasteiger partial charge in [-0.3, -0.25) is 9.59 Å². The van der Waals surface area contributed by atoms with Crippen molar-refractivity contribution in [1.82, 2.24) is 0 Å². The molecule has 68 valence electrons. The number of nitrogens with two attached hydrogens (primary N) is 1. The maximum absolute atomic E-state index is 12.4. The highest BCUT2D eigenvalue weighted by atomic mass is 19.1. The predicted octanol–water partition coefficient (Wildman–Crippen LogP) is 0.884. The summed E-state index contributed by atoms with van der Waals surface area (Å²) < 4.78 is 12.4. The summed E-state index contributed by atoms with van der Waals surface area (Å²) in [7, 11) is 0. The van der Waals surface area contributed by atoms with Crippen molar-refractivity contribution >= 4 is 11.7 Å². The lowest BCUT2D eigenvalue weighted by atomic mass is 10.1. The van der Waals surface area contributed by atoms with E-state index in [9.17, 15) is 14.0 Å². The molecule has 0 heterocycles. The van der Waals surface area contributed by atoms with Gasteiger partial charge >= 0.3 is 0 Å². The van der Waals surface area contributed by atoms with Gasteiger partial charge in [0.1, 0.15) is 5.82 Å². The van der Waals surface area contributed by atoms with Crippen molar-refractivity contribution in [3.63, 3.8) is 0 Å². The maximum Gasteiger partial charge on any atom is 0.225 e. The van der Waals surface area contributed by atoms with Crippen LogP contribution in [-0.2, 0) is 4.79 Å². The van der Waals surface area contributed by atoms with E-state index in [0.29, 0.717) is 5.56 Å². The Bertz CT molecular complexity index is 332. The molecule has 1 amide bonds. The Balaban J connectivity index is 2.78. The highest BCUT2D eigenvalue weighted by molar-refractivity contribution is 6.06. The van der Waals surface area contributed by atoms with Crippen molar-refractivity contribution in [3.8, 4) is 0 Å². The first-order chi connectivity index (χ1) is 6.09. The smallest absolute Gasteiger partial charge is 0.225 e. The Kier molecular flexibility index (Phi) is 2.74. The molecule has 0 fully saturated rings. The van der Waals surface area contributed by atoms with Gasteiger partial charge in [-0.15, -0.1) is 0 Å². The summed E-state index contributed by atoms with van der Waals surface area (Å²) in [6.07, 6.45) is -0.342. The number of Topliss-reactive ketones (excluding diaryl/α,β-unsaturated/α-hetero) is 1. The molecule has 0 atom stereocenters. The predicted molar refractivity (Wildman–Crippen MR) is 44.5 cm³/mol. The van der Waals surface area contributed by atoms with E-state index in [1.807, 2.05) is 0 Å². The average Bonchev–Trinajstić information content (AvgIpc) is 2.04. The van der Waals surface area contributed by atoms with Gasteiger partial charge in [0.2, 0.25) is 5.91 Å². The first kappa shape index (κ1) is 9.38. The minimum atomic E-state index is -0.686. The number of hydrogen-bond donors (Lipinski definition) is 1. The van der Waals surface area contributed by atoms with Crippen LogP contribution in [0.4, 0.5) is 4.39 Å². The van der Waals surface area contributed by atoms with Crippen LogP contribution in [0.3, 0.4) is 0 Å². The summed E-state index contributed by atoms with van der Waals surface area (Å²) in [4.78, 5) is 21.5. The molecule has 2 N–H and O–H groups in total. The first-order valence-electron chi connectivity index (χ1n) is 3.66. The lowest BCUT2D eigenvalue weighted by Gasteiger charge is -1.96.